The zero-order valence-electron chi connectivity index (χ0n) is 18.8. The number of hydrogen-bond donors (Lipinski definition) is 2. The van der Waals surface area contributed by atoms with E-state index in [0.717, 1.165) is 34.7 Å². The van der Waals surface area contributed by atoms with E-state index >= 15 is 0 Å². The Morgan fingerprint density at radius 2 is 1.88 bits per heavy atom. The summed E-state index contributed by atoms with van der Waals surface area (Å²) in [7, 11) is 1.63. The van der Waals surface area contributed by atoms with Crippen LogP contribution in [0.1, 0.15) is 22.2 Å². The third-order valence-corrected chi connectivity index (χ3v) is 6.80. The minimum atomic E-state index is -0.263. The average molecular weight is 470 g/mol. The normalized spacial score (nSPS) is 11.0. The summed E-state index contributed by atoms with van der Waals surface area (Å²) in [5.74, 6) is 1.16. The lowest BCUT2D eigenvalue weighted by atomic mass is 10.0. The standard InChI is InChI=1S/C27H23N3O3S/c1-3-16-6-10-18(11-7-16)29-26(31)25-24(28)23-20(22-5-4-14-33-22)15-21(30-27(23)34-25)17-8-12-19(32-2)13-9-17/h4-15H,3,28H2,1-2H3,(H,29,31). The number of methoxy groups -OCH3 is 1. The summed E-state index contributed by atoms with van der Waals surface area (Å²) >= 11 is 1.27. The van der Waals surface area contributed by atoms with Crippen molar-refractivity contribution in [1.82, 2.24) is 4.98 Å². The predicted octanol–water partition coefficient (Wildman–Crippen LogP) is 6.63. The maximum atomic E-state index is 13.1. The molecule has 3 heterocycles. The number of hydrogen-bond acceptors (Lipinski definition) is 6. The molecule has 170 valence electrons. The number of thiophene rings is 1. The van der Waals surface area contributed by atoms with Gasteiger partial charge in [0, 0.05) is 22.2 Å². The van der Waals surface area contributed by atoms with Crippen molar-refractivity contribution in [2.45, 2.75) is 13.3 Å². The van der Waals surface area contributed by atoms with Gasteiger partial charge in [0.25, 0.3) is 5.91 Å². The van der Waals surface area contributed by atoms with Crippen LogP contribution in [0.3, 0.4) is 0 Å². The van der Waals surface area contributed by atoms with Crippen LogP contribution in [-0.4, -0.2) is 18.0 Å². The van der Waals surface area contributed by atoms with E-state index in [2.05, 4.69) is 12.2 Å². The van der Waals surface area contributed by atoms with Gasteiger partial charge in [-0.3, -0.25) is 4.79 Å². The van der Waals surface area contributed by atoms with Crippen molar-refractivity contribution < 1.29 is 13.9 Å². The van der Waals surface area contributed by atoms with E-state index in [1.807, 2.05) is 66.7 Å². The van der Waals surface area contributed by atoms with Gasteiger partial charge in [-0.1, -0.05) is 19.1 Å². The van der Waals surface area contributed by atoms with E-state index in [-0.39, 0.29) is 5.91 Å². The number of nitrogen functional groups attached to an aromatic ring is 1. The van der Waals surface area contributed by atoms with Gasteiger partial charge in [0.1, 0.15) is 21.2 Å². The number of rotatable bonds is 6. The van der Waals surface area contributed by atoms with Gasteiger partial charge in [0.15, 0.2) is 0 Å². The third kappa shape index (κ3) is 4.02. The number of carbonyl (C=O) groups is 1. The average Bonchev–Trinajstić information content (AvgIpc) is 3.52. The van der Waals surface area contributed by atoms with Gasteiger partial charge >= 0.3 is 0 Å². The lowest BCUT2D eigenvalue weighted by Gasteiger charge is -2.08. The quantitative estimate of drug-likeness (QED) is 0.291. The monoisotopic (exact) mass is 469 g/mol. The molecule has 2 aromatic carbocycles. The highest BCUT2D eigenvalue weighted by Gasteiger charge is 2.22. The lowest BCUT2D eigenvalue weighted by molar-refractivity contribution is 0.103. The number of benzene rings is 2. The first-order chi connectivity index (χ1) is 16.6. The Morgan fingerprint density at radius 1 is 1.12 bits per heavy atom. The molecule has 0 fully saturated rings. The summed E-state index contributed by atoms with van der Waals surface area (Å²) in [6.45, 7) is 2.09. The zero-order valence-corrected chi connectivity index (χ0v) is 19.6. The number of anilines is 2. The zero-order chi connectivity index (χ0) is 23.7. The van der Waals surface area contributed by atoms with Gasteiger partial charge in [-0.15, -0.1) is 11.3 Å². The number of nitrogens with one attached hydrogen (secondary N) is 1. The second kappa shape index (κ2) is 9.03. The Kier molecular flexibility index (Phi) is 5.77. The van der Waals surface area contributed by atoms with E-state index in [1.165, 1.54) is 16.9 Å². The van der Waals surface area contributed by atoms with Gasteiger partial charge in [-0.05, 0) is 66.6 Å². The van der Waals surface area contributed by atoms with Crippen LogP contribution in [0.4, 0.5) is 11.4 Å². The van der Waals surface area contributed by atoms with E-state index in [1.54, 1.807) is 13.4 Å². The number of ether oxygens (including phenoxy) is 1. The molecule has 0 bridgehead atoms. The van der Waals surface area contributed by atoms with Gasteiger partial charge in [-0.2, -0.15) is 0 Å². The fraction of sp³-hybridized carbons (Fsp3) is 0.111. The summed E-state index contributed by atoms with van der Waals surface area (Å²) in [5, 5.41) is 3.66. The number of pyridine rings is 1. The van der Waals surface area contributed by atoms with E-state index < -0.39 is 0 Å². The maximum absolute atomic E-state index is 13.1. The molecule has 0 aliphatic carbocycles. The smallest absolute Gasteiger partial charge is 0.267 e. The topological polar surface area (TPSA) is 90.4 Å². The summed E-state index contributed by atoms with van der Waals surface area (Å²) in [6, 6.07) is 21.1. The lowest BCUT2D eigenvalue weighted by Crippen LogP contribution is -2.11. The first-order valence-corrected chi connectivity index (χ1v) is 11.7. The van der Waals surface area contributed by atoms with Crippen LogP contribution in [0.5, 0.6) is 5.75 Å². The fourth-order valence-corrected chi connectivity index (χ4v) is 4.85. The molecule has 0 aliphatic heterocycles. The van der Waals surface area contributed by atoms with Gasteiger partial charge in [0.05, 0.1) is 24.8 Å². The molecule has 0 saturated heterocycles. The summed E-state index contributed by atoms with van der Waals surface area (Å²) in [6.07, 6.45) is 2.56. The molecule has 3 N–H and O–H groups in total. The van der Waals surface area contributed by atoms with E-state index in [4.69, 9.17) is 19.9 Å². The Bertz CT molecular complexity index is 1450. The molecule has 6 nitrogen and oxygen atoms in total. The molecule has 0 spiro atoms. The molecular weight excluding hydrogens is 446 g/mol. The minimum Gasteiger partial charge on any atom is -0.497 e. The van der Waals surface area contributed by atoms with E-state index in [9.17, 15) is 4.79 Å². The van der Waals surface area contributed by atoms with Crippen molar-refractivity contribution >= 4 is 38.8 Å². The summed E-state index contributed by atoms with van der Waals surface area (Å²) in [5.41, 5.74) is 11.3. The predicted molar refractivity (Wildman–Crippen MR) is 137 cm³/mol. The number of aryl methyl sites for hydroxylation is 1. The van der Waals surface area contributed by atoms with Crippen LogP contribution in [0.2, 0.25) is 0 Å². The number of aromatic nitrogens is 1. The fourth-order valence-electron chi connectivity index (χ4n) is 3.84. The number of furan rings is 1. The number of carbonyl (C=O) groups excluding carboxylic acids is 1. The SMILES string of the molecule is CCc1ccc(NC(=O)c2sc3nc(-c4ccc(OC)cc4)cc(-c4ccco4)c3c2N)cc1. The van der Waals surface area contributed by atoms with Crippen LogP contribution in [-0.2, 0) is 6.42 Å². The Labute approximate surface area is 201 Å². The Balaban J connectivity index is 1.59. The van der Waals surface area contributed by atoms with Crippen molar-refractivity contribution in [2.75, 3.05) is 18.2 Å². The second-order valence-corrected chi connectivity index (χ2v) is 8.79. The van der Waals surface area contributed by atoms with Crippen LogP contribution >= 0.6 is 11.3 Å². The van der Waals surface area contributed by atoms with Crippen LogP contribution < -0.4 is 15.8 Å². The molecule has 7 heteroatoms. The second-order valence-electron chi connectivity index (χ2n) is 7.79. The molecule has 1 amide bonds. The first-order valence-electron chi connectivity index (χ1n) is 10.9. The minimum absolute atomic E-state index is 0.263. The molecule has 0 aliphatic rings. The van der Waals surface area contributed by atoms with Crippen molar-refractivity contribution in [3.05, 3.63) is 83.4 Å². The van der Waals surface area contributed by atoms with Gasteiger partial charge in [-0.25, -0.2) is 4.98 Å². The highest BCUT2D eigenvalue weighted by molar-refractivity contribution is 7.21. The summed E-state index contributed by atoms with van der Waals surface area (Å²) in [4.78, 5) is 19.1. The molecule has 0 atom stereocenters. The molecule has 0 radical (unpaired) electrons. The van der Waals surface area contributed by atoms with Crippen LogP contribution in [0.25, 0.3) is 32.8 Å². The number of fused-ring (bicyclic) bond motifs is 1. The van der Waals surface area contributed by atoms with Crippen LogP contribution in [0, 0.1) is 0 Å². The molecule has 5 aromatic rings. The highest BCUT2D eigenvalue weighted by Crippen LogP contribution is 2.41. The largest absolute Gasteiger partial charge is 0.497 e. The molecule has 0 unspecified atom stereocenters. The van der Waals surface area contributed by atoms with Crippen LogP contribution in [0.15, 0.2) is 77.4 Å². The third-order valence-electron chi connectivity index (χ3n) is 5.70. The number of nitrogens with two attached hydrogens (primary N) is 1. The molecule has 34 heavy (non-hydrogen) atoms. The van der Waals surface area contributed by atoms with E-state index in [0.29, 0.717) is 26.5 Å². The summed E-state index contributed by atoms with van der Waals surface area (Å²) < 4.78 is 11.0. The highest BCUT2D eigenvalue weighted by atomic mass is 32.1. The number of nitrogens with zero attached hydrogens (tertiary/aromatic N) is 1. The Morgan fingerprint density at radius 3 is 2.53 bits per heavy atom. The Hall–Kier alpha value is -4.10. The van der Waals surface area contributed by atoms with Crippen molar-refractivity contribution in [3.63, 3.8) is 0 Å². The van der Waals surface area contributed by atoms with Gasteiger partial charge < -0.3 is 20.2 Å². The van der Waals surface area contributed by atoms with Crippen molar-refractivity contribution in [2.24, 2.45) is 0 Å². The molecular formula is C27H23N3O3S. The van der Waals surface area contributed by atoms with Crippen molar-refractivity contribution in [3.8, 4) is 28.3 Å². The number of amides is 1. The molecule has 3 aromatic heterocycles. The van der Waals surface area contributed by atoms with Crippen molar-refractivity contribution in [1.29, 1.82) is 0 Å². The first kappa shape index (κ1) is 21.7. The molecule has 0 saturated carbocycles. The maximum Gasteiger partial charge on any atom is 0.267 e. The van der Waals surface area contributed by atoms with Gasteiger partial charge in [0.2, 0.25) is 0 Å². The molecule has 5 rings (SSSR count).